The van der Waals surface area contributed by atoms with Crippen molar-refractivity contribution in [2.45, 2.75) is 6.92 Å². The molecule has 1 aromatic heterocycles. The molecule has 19 heavy (non-hydrogen) atoms. The van der Waals surface area contributed by atoms with E-state index in [-0.39, 0.29) is 5.91 Å². The molecule has 0 bridgehead atoms. The number of carbonyl (C=O) groups is 2. The minimum Gasteiger partial charge on any atom is -0.465 e. The topological polar surface area (TPSA) is 78.4 Å². The number of amides is 2. The molecule has 1 aromatic carbocycles. The number of carboxylic acid groups (broad SMARTS) is 1. The third-order valence-electron chi connectivity index (χ3n) is 2.36. The molecule has 0 unspecified atom stereocenters. The fraction of sp³-hybridized carbons (Fsp3) is 0.0769. The summed E-state index contributed by atoms with van der Waals surface area (Å²) in [5.41, 5.74) is 1.07. The fourth-order valence-corrected chi connectivity index (χ4v) is 2.27. The molecule has 0 spiro atoms. The van der Waals surface area contributed by atoms with Gasteiger partial charge in [0, 0.05) is 16.3 Å². The Hall–Kier alpha value is -2.34. The van der Waals surface area contributed by atoms with Crippen LogP contribution in [0.4, 0.5) is 16.2 Å². The lowest BCUT2D eigenvalue weighted by atomic mass is 10.2. The van der Waals surface area contributed by atoms with Crippen LogP contribution in [-0.4, -0.2) is 17.1 Å². The number of benzene rings is 1. The number of aryl methyl sites for hydroxylation is 1. The molecule has 2 amide bonds. The van der Waals surface area contributed by atoms with Crippen LogP contribution in [0.2, 0.25) is 0 Å². The largest absolute Gasteiger partial charge is 0.465 e. The molecule has 0 aliphatic heterocycles. The van der Waals surface area contributed by atoms with E-state index in [9.17, 15) is 9.59 Å². The van der Waals surface area contributed by atoms with E-state index in [2.05, 4.69) is 10.6 Å². The first-order valence-electron chi connectivity index (χ1n) is 5.52. The van der Waals surface area contributed by atoms with Crippen LogP contribution in [0.5, 0.6) is 0 Å². The molecule has 0 aliphatic rings. The predicted molar refractivity (Wildman–Crippen MR) is 75.1 cm³/mol. The minimum absolute atomic E-state index is 0.169. The Morgan fingerprint density at radius 3 is 2.05 bits per heavy atom. The van der Waals surface area contributed by atoms with Crippen LogP contribution in [0.15, 0.2) is 36.4 Å². The van der Waals surface area contributed by atoms with E-state index in [1.54, 1.807) is 30.3 Å². The number of hydrogen-bond acceptors (Lipinski definition) is 3. The van der Waals surface area contributed by atoms with Gasteiger partial charge < -0.3 is 10.4 Å². The van der Waals surface area contributed by atoms with Crippen LogP contribution in [0.3, 0.4) is 0 Å². The van der Waals surface area contributed by atoms with Gasteiger partial charge in [-0.25, -0.2) is 4.79 Å². The minimum atomic E-state index is -1.12. The second kappa shape index (κ2) is 5.53. The summed E-state index contributed by atoms with van der Waals surface area (Å²) in [6.07, 6.45) is -1.12. The van der Waals surface area contributed by atoms with E-state index < -0.39 is 6.09 Å². The molecule has 0 atom stereocenters. The first kappa shape index (κ1) is 13.1. The Morgan fingerprint density at radius 2 is 1.58 bits per heavy atom. The van der Waals surface area contributed by atoms with Gasteiger partial charge in [-0.05, 0) is 43.3 Å². The Labute approximate surface area is 113 Å². The van der Waals surface area contributed by atoms with E-state index >= 15 is 0 Å². The van der Waals surface area contributed by atoms with Crippen LogP contribution < -0.4 is 10.6 Å². The predicted octanol–water partition coefficient (Wildman–Crippen LogP) is 3.40. The lowest BCUT2D eigenvalue weighted by Gasteiger charge is -2.05. The summed E-state index contributed by atoms with van der Waals surface area (Å²) in [6, 6.07) is 10.1. The van der Waals surface area contributed by atoms with Crippen molar-refractivity contribution in [1.82, 2.24) is 0 Å². The third-order valence-corrected chi connectivity index (χ3v) is 3.36. The molecule has 6 heteroatoms. The Balaban J connectivity index is 2.03. The summed E-state index contributed by atoms with van der Waals surface area (Å²) < 4.78 is 0. The van der Waals surface area contributed by atoms with Crippen LogP contribution in [0.1, 0.15) is 14.5 Å². The number of carbonyl (C=O) groups excluding carboxylic acids is 1. The average molecular weight is 276 g/mol. The van der Waals surface area contributed by atoms with Gasteiger partial charge >= 0.3 is 6.09 Å². The van der Waals surface area contributed by atoms with Crippen molar-refractivity contribution in [3.8, 4) is 0 Å². The number of rotatable bonds is 3. The van der Waals surface area contributed by atoms with E-state index in [1.165, 1.54) is 11.3 Å². The maximum absolute atomic E-state index is 11.9. The molecule has 98 valence electrons. The maximum atomic E-state index is 11.9. The van der Waals surface area contributed by atoms with Crippen molar-refractivity contribution in [3.63, 3.8) is 0 Å². The van der Waals surface area contributed by atoms with E-state index in [4.69, 9.17) is 5.11 Å². The monoisotopic (exact) mass is 276 g/mol. The van der Waals surface area contributed by atoms with E-state index in [1.807, 2.05) is 13.0 Å². The van der Waals surface area contributed by atoms with E-state index in [0.29, 0.717) is 16.3 Å². The Bertz CT molecular complexity index is 605. The van der Waals surface area contributed by atoms with Crippen molar-refractivity contribution >= 4 is 34.7 Å². The summed E-state index contributed by atoms with van der Waals surface area (Å²) in [6.45, 7) is 1.94. The smallest absolute Gasteiger partial charge is 0.409 e. The number of hydrogen-bond donors (Lipinski definition) is 3. The molecule has 0 fully saturated rings. The molecule has 2 aromatic rings. The van der Waals surface area contributed by atoms with Gasteiger partial charge in [0.15, 0.2) is 0 Å². The molecule has 0 radical (unpaired) electrons. The number of anilines is 2. The standard InChI is InChI=1S/C13H12N2O3S/c1-8-2-7-11(19-8)12(16)14-9-3-5-10(6-4-9)15-13(17)18/h2-7,15H,1H3,(H,14,16)(H,17,18). The zero-order valence-corrected chi connectivity index (χ0v) is 11.0. The number of thiophene rings is 1. The highest BCUT2D eigenvalue weighted by Gasteiger charge is 2.08. The summed E-state index contributed by atoms with van der Waals surface area (Å²) in [4.78, 5) is 24.0. The fourth-order valence-electron chi connectivity index (χ4n) is 1.51. The average Bonchev–Trinajstić information content (AvgIpc) is 2.78. The zero-order chi connectivity index (χ0) is 13.8. The van der Waals surface area contributed by atoms with Crippen molar-refractivity contribution < 1.29 is 14.7 Å². The molecule has 3 N–H and O–H groups in total. The van der Waals surface area contributed by atoms with E-state index in [0.717, 1.165) is 4.88 Å². The quantitative estimate of drug-likeness (QED) is 0.804. The molecule has 0 saturated heterocycles. The van der Waals surface area contributed by atoms with Gasteiger partial charge in [0.2, 0.25) is 0 Å². The zero-order valence-electron chi connectivity index (χ0n) is 10.1. The summed E-state index contributed by atoms with van der Waals surface area (Å²) >= 11 is 1.42. The summed E-state index contributed by atoms with van der Waals surface area (Å²) in [5.74, 6) is -0.169. The third kappa shape index (κ3) is 3.56. The normalized spacial score (nSPS) is 9.95. The Kier molecular flexibility index (Phi) is 3.82. The SMILES string of the molecule is Cc1ccc(C(=O)Nc2ccc(NC(=O)O)cc2)s1. The van der Waals surface area contributed by atoms with Gasteiger partial charge in [-0.3, -0.25) is 10.1 Å². The van der Waals surface area contributed by atoms with Gasteiger partial charge in [0.05, 0.1) is 4.88 Å². The molecular weight excluding hydrogens is 264 g/mol. The Morgan fingerprint density at radius 1 is 1.00 bits per heavy atom. The molecule has 2 rings (SSSR count). The first-order valence-corrected chi connectivity index (χ1v) is 6.34. The van der Waals surface area contributed by atoms with Gasteiger partial charge in [0.25, 0.3) is 5.91 Å². The van der Waals surface area contributed by atoms with Gasteiger partial charge in [-0.1, -0.05) is 0 Å². The second-order valence-corrected chi connectivity index (χ2v) is 5.16. The highest BCUT2D eigenvalue weighted by Crippen LogP contribution is 2.18. The maximum Gasteiger partial charge on any atom is 0.409 e. The van der Waals surface area contributed by atoms with Gasteiger partial charge in [-0.15, -0.1) is 11.3 Å². The molecule has 1 heterocycles. The number of nitrogens with one attached hydrogen (secondary N) is 2. The van der Waals surface area contributed by atoms with Gasteiger partial charge in [-0.2, -0.15) is 0 Å². The van der Waals surface area contributed by atoms with Crippen molar-refractivity contribution in [1.29, 1.82) is 0 Å². The highest BCUT2D eigenvalue weighted by molar-refractivity contribution is 7.14. The molecule has 5 nitrogen and oxygen atoms in total. The van der Waals surface area contributed by atoms with Crippen molar-refractivity contribution in [3.05, 3.63) is 46.2 Å². The van der Waals surface area contributed by atoms with Gasteiger partial charge in [0.1, 0.15) is 0 Å². The molecule has 0 aliphatic carbocycles. The summed E-state index contributed by atoms with van der Waals surface area (Å²) in [5, 5.41) is 13.5. The summed E-state index contributed by atoms with van der Waals surface area (Å²) in [7, 11) is 0. The van der Waals surface area contributed by atoms with Crippen LogP contribution in [0.25, 0.3) is 0 Å². The van der Waals surface area contributed by atoms with Crippen molar-refractivity contribution in [2.75, 3.05) is 10.6 Å². The van der Waals surface area contributed by atoms with Crippen LogP contribution in [-0.2, 0) is 0 Å². The second-order valence-electron chi connectivity index (χ2n) is 3.87. The van der Waals surface area contributed by atoms with Crippen LogP contribution in [0, 0.1) is 6.92 Å². The lowest BCUT2D eigenvalue weighted by molar-refractivity contribution is 0.103. The highest BCUT2D eigenvalue weighted by atomic mass is 32.1. The molecule has 0 saturated carbocycles. The first-order chi connectivity index (χ1) is 9.04. The van der Waals surface area contributed by atoms with Crippen LogP contribution >= 0.6 is 11.3 Å². The lowest BCUT2D eigenvalue weighted by Crippen LogP contribution is -2.10. The molecular formula is C13H12N2O3S. The van der Waals surface area contributed by atoms with Crippen molar-refractivity contribution in [2.24, 2.45) is 0 Å².